The average Bonchev–Trinajstić information content (AvgIpc) is 2.87. The van der Waals surface area contributed by atoms with Gasteiger partial charge in [0.25, 0.3) is 17.7 Å². The second-order valence-electron chi connectivity index (χ2n) is 5.81. The zero-order valence-corrected chi connectivity index (χ0v) is 15.7. The fraction of sp³-hybridized carbons (Fsp3) is 0.211. The second-order valence-corrected chi connectivity index (χ2v) is 6.21. The van der Waals surface area contributed by atoms with E-state index in [1.807, 2.05) is 6.92 Å². The number of fused-ring (bicyclic) bond motifs is 1. The molecular formula is C19H17ClN2O5. The van der Waals surface area contributed by atoms with Crippen LogP contribution in [0.4, 0.5) is 5.69 Å². The lowest BCUT2D eigenvalue weighted by Gasteiger charge is -2.13. The number of imide groups is 1. The van der Waals surface area contributed by atoms with E-state index in [9.17, 15) is 14.4 Å². The van der Waals surface area contributed by atoms with Crippen molar-refractivity contribution in [3.8, 4) is 11.5 Å². The first-order valence-corrected chi connectivity index (χ1v) is 8.53. The Kier molecular flexibility index (Phi) is 5.05. The van der Waals surface area contributed by atoms with E-state index in [-0.39, 0.29) is 22.1 Å². The Bertz CT molecular complexity index is 957. The van der Waals surface area contributed by atoms with Crippen molar-refractivity contribution < 1.29 is 23.9 Å². The van der Waals surface area contributed by atoms with Crippen LogP contribution in [-0.2, 0) is 0 Å². The van der Waals surface area contributed by atoms with Gasteiger partial charge in [-0.2, -0.15) is 0 Å². The Morgan fingerprint density at radius 3 is 2.52 bits per heavy atom. The van der Waals surface area contributed by atoms with Gasteiger partial charge in [0.15, 0.2) is 11.5 Å². The third-order valence-electron chi connectivity index (χ3n) is 4.13. The number of hydrogen-bond donors (Lipinski definition) is 1. The summed E-state index contributed by atoms with van der Waals surface area (Å²) in [4.78, 5) is 37.6. The van der Waals surface area contributed by atoms with Crippen molar-refractivity contribution in [1.29, 1.82) is 0 Å². The van der Waals surface area contributed by atoms with Crippen LogP contribution >= 0.6 is 11.6 Å². The summed E-state index contributed by atoms with van der Waals surface area (Å²) >= 11 is 6.19. The molecule has 2 aromatic carbocycles. The standard InChI is InChI=1S/C19H17ClN2O5/c1-4-27-16-14(20)7-10(8-15(16)26-3)17(23)21-11-5-6-12-13(9-11)19(25)22(2)18(12)24/h5-9H,4H2,1-3H3,(H,21,23). The largest absolute Gasteiger partial charge is 0.493 e. The van der Waals surface area contributed by atoms with Crippen LogP contribution in [-0.4, -0.2) is 43.4 Å². The molecule has 8 heteroatoms. The minimum atomic E-state index is -0.441. The number of halogens is 1. The van der Waals surface area contributed by atoms with Gasteiger partial charge in [0.1, 0.15) is 0 Å². The summed E-state index contributed by atoms with van der Waals surface area (Å²) in [6.07, 6.45) is 0. The van der Waals surface area contributed by atoms with Gasteiger partial charge in [-0.15, -0.1) is 0 Å². The van der Waals surface area contributed by atoms with Crippen LogP contribution in [0.1, 0.15) is 38.0 Å². The zero-order valence-electron chi connectivity index (χ0n) is 15.0. The number of anilines is 1. The van der Waals surface area contributed by atoms with Gasteiger partial charge in [-0.25, -0.2) is 0 Å². The summed E-state index contributed by atoms with van der Waals surface area (Å²) in [7, 11) is 2.87. The molecule has 0 aliphatic carbocycles. The van der Waals surface area contributed by atoms with Crippen LogP contribution in [0.5, 0.6) is 11.5 Å². The molecule has 0 radical (unpaired) electrons. The molecule has 1 N–H and O–H groups in total. The molecule has 1 heterocycles. The zero-order chi connectivity index (χ0) is 19.7. The number of hydrogen-bond acceptors (Lipinski definition) is 5. The summed E-state index contributed by atoms with van der Waals surface area (Å²) in [5.41, 5.74) is 1.22. The number of nitrogens with zero attached hydrogens (tertiary/aromatic N) is 1. The van der Waals surface area contributed by atoms with Gasteiger partial charge in [-0.05, 0) is 37.3 Å². The van der Waals surface area contributed by atoms with Crippen LogP contribution in [0, 0.1) is 0 Å². The van der Waals surface area contributed by atoms with Gasteiger partial charge in [0, 0.05) is 18.3 Å². The molecule has 0 fully saturated rings. The van der Waals surface area contributed by atoms with Crippen molar-refractivity contribution in [3.63, 3.8) is 0 Å². The maximum atomic E-state index is 12.6. The number of benzene rings is 2. The molecule has 0 aromatic heterocycles. The predicted molar refractivity (Wildman–Crippen MR) is 100.0 cm³/mol. The lowest BCUT2D eigenvalue weighted by molar-refractivity contribution is 0.0692. The molecule has 0 atom stereocenters. The summed E-state index contributed by atoms with van der Waals surface area (Å²) in [6.45, 7) is 2.21. The minimum Gasteiger partial charge on any atom is -0.493 e. The fourth-order valence-corrected chi connectivity index (χ4v) is 3.04. The van der Waals surface area contributed by atoms with Crippen LogP contribution in [0.3, 0.4) is 0 Å². The van der Waals surface area contributed by atoms with Crippen molar-refractivity contribution in [2.75, 3.05) is 26.1 Å². The Labute approximate surface area is 160 Å². The first-order chi connectivity index (χ1) is 12.9. The van der Waals surface area contributed by atoms with Crippen molar-refractivity contribution >= 4 is 35.0 Å². The predicted octanol–water partition coefficient (Wildman–Crippen LogP) is 3.23. The lowest BCUT2D eigenvalue weighted by atomic mass is 10.1. The summed E-state index contributed by atoms with van der Waals surface area (Å²) in [5.74, 6) is -0.509. The van der Waals surface area contributed by atoms with E-state index in [0.717, 1.165) is 4.90 Å². The van der Waals surface area contributed by atoms with Crippen LogP contribution in [0.25, 0.3) is 0 Å². The molecule has 3 amide bonds. The quantitative estimate of drug-likeness (QED) is 0.795. The maximum absolute atomic E-state index is 12.6. The molecule has 0 spiro atoms. The fourth-order valence-electron chi connectivity index (χ4n) is 2.78. The van der Waals surface area contributed by atoms with E-state index in [0.29, 0.717) is 29.4 Å². The molecule has 0 saturated carbocycles. The number of carbonyl (C=O) groups is 3. The Hall–Kier alpha value is -3.06. The molecule has 3 rings (SSSR count). The molecule has 7 nitrogen and oxygen atoms in total. The Balaban J connectivity index is 1.88. The van der Waals surface area contributed by atoms with Gasteiger partial charge in [-0.1, -0.05) is 11.6 Å². The van der Waals surface area contributed by atoms with Gasteiger partial charge in [0.2, 0.25) is 0 Å². The third kappa shape index (κ3) is 3.33. The first kappa shape index (κ1) is 18.7. The van der Waals surface area contributed by atoms with E-state index in [1.165, 1.54) is 38.4 Å². The molecule has 1 aliphatic rings. The summed E-state index contributed by atoms with van der Waals surface area (Å²) < 4.78 is 10.7. The number of ether oxygens (including phenoxy) is 2. The highest BCUT2D eigenvalue weighted by Crippen LogP contribution is 2.36. The van der Waals surface area contributed by atoms with Gasteiger partial charge in [-0.3, -0.25) is 19.3 Å². The number of rotatable bonds is 5. The molecular weight excluding hydrogens is 372 g/mol. The molecule has 0 saturated heterocycles. The normalized spacial score (nSPS) is 12.8. The third-order valence-corrected chi connectivity index (χ3v) is 4.41. The highest BCUT2D eigenvalue weighted by atomic mass is 35.5. The van der Waals surface area contributed by atoms with E-state index >= 15 is 0 Å². The molecule has 0 bridgehead atoms. The van der Waals surface area contributed by atoms with Crippen LogP contribution in [0.2, 0.25) is 5.02 Å². The first-order valence-electron chi connectivity index (χ1n) is 8.15. The smallest absolute Gasteiger partial charge is 0.261 e. The topological polar surface area (TPSA) is 84.9 Å². The van der Waals surface area contributed by atoms with E-state index < -0.39 is 11.8 Å². The SMILES string of the molecule is CCOc1c(Cl)cc(C(=O)Nc2ccc3c(c2)C(=O)N(C)C3=O)cc1OC. The van der Waals surface area contributed by atoms with Gasteiger partial charge in [0.05, 0.1) is 29.9 Å². The number of methoxy groups -OCH3 is 1. The molecule has 1 aliphatic heterocycles. The van der Waals surface area contributed by atoms with Crippen molar-refractivity contribution in [3.05, 3.63) is 52.0 Å². The van der Waals surface area contributed by atoms with Crippen molar-refractivity contribution in [2.24, 2.45) is 0 Å². The lowest BCUT2D eigenvalue weighted by Crippen LogP contribution is -2.24. The van der Waals surface area contributed by atoms with E-state index in [2.05, 4.69) is 5.32 Å². The Morgan fingerprint density at radius 1 is 1.15 bits per heavy atom. The Morgan fingerprint density at radius 2 is 1.85 bits per heavy atom. The van der Waals surface area contributed by atoms with Crippen LogP contribution in [0.15, 0.2) is 30.3 Å². The molecule has 140 valence electrons. The number of amides is 3. The number of carbonyl (C=O) groups excluding carboxylic acids is 3. The van der Waals surface area contributed by atoms with Crippen LogP contribution < -0.4 is 14.8 Å². The second kappa shape index (κ2) is 7.28. The molecule has 0 unspecified atom stereocenters. The van der Waals surface area contributed by atoms with Gasteiger partial charge >= 0.3 is 0 Å². The highest BCUT2D eigenvalue weighted by molar-refractivity contribution is 6.32. The van der Waals surface area contributed by atoms with Crippen molar-refractivity contribution in [2.45, 2.75) is 6.92 Å². The van der Waals surface area contributed by atoms with E-state index in [4.69, 9.17) is 21.1 Å². The minimum absolute atomic E-state index is 0.248. The summed E-state index contributed by atoms with van der Waals surface area (Å²) in [5, 5.41) is 2.94. The molecule has 27 heavy (non-hydrogen) atoms. The monoisotopic (exact) mass is 388 g/mol. The van der Waals surface area contributed by atoms with E-state index in [1.54, 1.807) is 6.07 Å². The maximum Gasteiger partial charge on any atom is 0.261 e. The van der Waals surface area contributed by atoms with Gasteiger partial charge < -0.3 is 14.8 Å². The number of nitrogens with one attached hydrogen (secondary N) is 1. The average molecular weight is 389 g/mol. The molecule has 2 aromatic rings. The summed E-state index contributed by atoms with van der Waals surface area (Å²) in [6, 6.07) is 7.54. The highest BCUT2D eigenvalue weighted by Gasteiger charge is 2.32. The van der Waals surface area contributed by atoms with Crippen molar-refractivity contribution in [1.82, 2.24) is 4.90 Å².